The van der Waals surface area contributed by atoms with Gasteiger partial charge in [0.15, 0.2) is 0 Å². The largest absolute Gasteiger partial charge is 0.332 e. The van der Waals surface area contributed by atoms with Crippen molar-refractivity contribution in [2.75, 3.05) is 18.9 Å². The summed E-state index contributed by atoms with van der Waals surface area (Å²) in [6.07, 6.45) is 0. The maximum absolute atomic E-state index is 13.1. The molecule has 2 aromatic carbocycles. The number of benzene rings is 2. The van der Waals surface area contributed by atoms with Crippen LogP contribution in [-0.2, 0) is 11.3 Å². The number of halogens is 1. The average molecular weight is 481 g/mol. The van der Waals surface area contributed by atoms with Crippen molar-refractivity contribution in [2.45, 2.75) is 27.3 Å². The van der Waals surface area contributed by atoms with Gasteiger partial charge in [0.25, 0.3) is 5.91 Å². The number of carbonyl (C=O) groups excluding carboxylic acids is 2. The van der Waals surface area contributed by atoms with Gasteiger partial charge in [-0.1, -0.05) is 48.0 Å². The van der Waals surface area contributed by atoms with E-state index in [1.165, 1.54) is 16.2 Å². The fraction of sp³-hybridized carbons (Fsp3) is 0.240. The first kappa shape index (κ1) is 23.0. The number of fused-ring (bicyclic) bond motifs is 1. The zero-order chi connectivity index (χ0) is 23.7. The minimum atomic E-state index is -0.231. The highest BCUT2D eigenvalue weighted by molar-refractivity contribution is 7.20. The number of amides is 2. The van der Waals surface area contributed by atoms with Crippen LogP contribution in [0.3, 0.4) is 0 Å². The molecule has 33 heavy (non-hydrogen) atoms. The van der Waals surface area contributed by atoms with Crippen LogP contribution in [0, 0.1) is 20.8 Å². The molecular formula is C25H25ClN4O2S. The Labute approximate surface area is 201 Å². The van der Waals surface area contributed by atoms with E-state index in [0.717, 1.165) is 38.3 Å². The van der Waals surface area contributed by atoms with Gasteiger partial charge in [0.1, 0.15) is 4.83 Å². The van der Waals surface area contributed by atoms with Crippen molar-refractivity contribution in [3.05, 3.63) is 80.8 Å². The quantitative estimate of drug-likeness (QED) is 0.400. The molecule has 8 heteroatoms. The molecule has 0 saturated heterocycles. The number of carbonyl (C=O) groups is 2. The molecule has 170 valence electrons. The van der Waals surface area contributed by atoms with E-state index in [2.05, 4.69) is 10.4 Å². The summed E-state index contributed by atoms with van der Waals surface area (Å²) in [5.74, 6) is -0.429. The Bertz CT molecular complexity index is 1340. The predicted octanol–water partition coefficient (Wildman–Crippen LogP) is 5.44. The normalized spacial score (nSPS) is 11.1. The highest BCUT2D eigenvalue weighted by Crippen LogP contribution is 2.30. The van der Waals surface area contributed by atoms with E-state index < -0.39 is 0 Å². The lowest BCUT2D eigenvalue weighted by Crippen LogP contribution is -2.34. The molecule has 0 aliphatic heterocycles. The third kappa shape index (κ3) is 4.79. The van der Waals surface area contributed by atoms with E-state index in [0.29, 0.717) is 16.4 Å². The van der Waals surface area contributed by atoms with E-state index in [9.17, 15) is 9.59 Å². The van der Waals surface area contributed by atoms with Gasteiger partial charge in [0.2, 0.25) is 5.91 Å². The molecule has 4 aromatic rings. The van der Waals surface area contributed by atoms with Crippen LogP contribution >= 0.6 is 22.9 Å². The van der Waals surface area contributed by atoms with Crippen molar-refractivity contribution in [3.8, 4) is 0 Å². The van der Waals surface area contributed by atoms with Crippen LogP contribution in [0.2, 0.25) is 5.02 Å². The molecule has 4 rings (SSSR count). The topological polar surface area (TPSA) is 67.2 Å². The van der Waals surface area contributed by atoms with Crippen molar-refractivity contribution in [3.63, 3.8) is 0 Å². The number of aromatic nitrogens is 2. The Morgan fingerprint density at radius 2 is 1.79 bits per heavy atom. The number of hydrogen-bond donors (Lipinski definition) is 1. The molecule has 0 bridgehead atoms. The van der Waals surface area contributed by atoms with E-state index in [1.807, 2.05) is 74.0 Å². The van der Waals surface area contributed by atoms with Gasteiger partial charge in [-0.3, -0.25) is 14.3 Å². The van der Waals surface area contributed by atoms with Crippen LogP contribution in [0.1, 0.15) is 32.1 Å². The highest BCUT2D eigenvalue weighted by Gasteiger charge is 2.21. The highest BCUT2D eigenvalue weighted by atomic mass is 35.5. The van der Waals surface area contributed by atoms with Crippen molar-refractivity contribution in [1.29, 1.82) is 0 Å². The van der Waals surface area contributed by atoms with Gasteiger partial charge in [-0.05, 0) is 49.6 Å². The zero-order valence-corrected chi connectivity index (χ0v) is 20.5. The number of aryl methyl sites for hydroxylation is 3. The SMILES string of the molecule is Cc1cccc(C)c1NC(=O)CN(C)C(=O)c1cc2c(C)nn(Cc3ccccc3Cl)c2s1. The van der Waals surface area contributed by atoms with Crippen molar-refractivity contribution in [1.82, 2.24) is 14.7 Å². The molecule has 0 aliphatic carbocycles. The van der Waals surface area contributed by atoms with Gasteiger partial charge < -0.3 is 10.2 Å². The van der Waals surface area contributed by atoms with Gasteiger partial charge in [0.05, 0.1) is 23.7 Å². The Morgan fingerprint density at radius 3 is 2.48 bits per heavy atom. The summed E-state index contributed by atoms with van der Waals surface area (Å²) < 4.78 is 1.88. The standard InChI is InChI=1S/C25H25ClN4O2S/c1-15-8-7-9-16(2)23(15)27-22(31)14-29(4)24(32)21-12-19-17(3)28-30(25(19)33-21)13-18-10-5-6-11-20(18)26/h5-12H,13-14H2,1-4H3,(H,27,31). The maximum Gasteiger partial charge on any atom is 0.264 e. The molecule has 0 atom stereocenters. The zero-order valence-electron chi connectivity index (χ0n) is 19.0. The number of hydrogen-bond acceptors (Lipinski definition) is 4. The molecule has 0 aliphatic rings. The molecule has 2 amide bonds. The molecule has 0 radical (unpaired) electrons. The summed E-state index contributed by atoms with van der Waals surface area (Å²) in [4.78, 5) is 28.6. The molecule has 0 unspecified atom stereocenters. The summed E-state index contributed by atoms with van der Waals surface area (Å²) in [6, 6.07) is 15.4. The number of para-hydroxylation sites is 1. The molecule has 6 nitrogen and oxygen atoms in total. The average Bonchev–Trinajstić information content (AvgIpc) is 3.33. The van der Waals surface area contributed by atoms with E-state index in [4.69, 9.17) is 11.6 Å². The summed E-state index contributed by atoms with van der Waals surface area (Å²) >= 11 is 7.70. The number of likely N-dealkylation sites (N-methyl/N-ethyl adjacent to an activating group) is 1. The second-order valence-electron chi connectivity index (χ2n) is 8.14. The lowest BCUT2D eigenvalue weighted by Gasteiger charge is -2.17. The number of rotatable bonds is 6. The first-order valence-corrected chi connectivity index (χ1v) is 11.8. The summed E-state index contributed by atoms with van der Waals surface area (Å²) in [6.45, 7) is 6.30. The van der Waals surface area contributed by atoms with Crippen molar-refractivity contribution in [2.24, 2.45) is 0 Å². The van der Waals surface area contributed by atoms with Gasteiger partial charge in [-0.15, -0.1) is 11.3 Å². The van der Waals surface area contributed by atoms with Crippen LogP contribution < -0.4 is 5.32 Å². The third-order valence-corrected chi connectivity index (χ3v) is 7.07. The van der Waals surface area contributed by atoms with Gasteiger partial charge >= 0.3 is 0 Å². The minimum absolute atomic E-state index is 0.0361. The first-order valence-electron chi connectivity index (χ1n) is 10.6. The summed E-state index contributed by atoms with van der Waals surface area (Å²) in [7, 11) is 1.64. The smallest absolute Gasteiger partial charge is 0.264 e. The van der Waals surface area contributed by atoms with Crippen LogP contribution in [0.15, 0.2) is 48.5 Å². The second-order valence-corrected chi connectivity index (χ2v) is 9.58. The van der Waals surface area contributed by atoms with E-state index >= 15 is 0 Å². The van der Waals surface area contributed by atoms with E-state index in [1.54, 1.807) is 7.05 Å². The predicted molar refractivity (Wildman–Crippen MR) is 134 cm³/mol. The fourth-order valence-corrected chi connectivity index (χ4v) is 5.13. The van der Waals surface area contributed by atoms with Crippen LogP contribution in [0.4, 0.5) is 5.69 Å². The molecule has 2 aromatic heterocycles. The van der Waals surface area contributed by atoms with Gasteiger partial charge in [0, 0.05) is 23.1 Å². The van der Waals surface area contributed by atoms with Crippen LogP contribution in [-0.4, -0.2) is 40.1 Å². The second kappa shape index (κ2) is 9.37. The lowest BCUT2D eigenvalue weighted by molar-refractivity contribution is -0.116. The minimum Gasteiger partial charge on any atom is -0.332 e. The number of anilines is 1. The van der Waals surface area contributed by atoms with Crippen LogP contribution in [0.25, 0.3) is 10.2 Å². The molecule has 0 saturated carbocycles. The fourth-order valence-electron chi connectivity index (χ4n) is 3.78. The number of nitrogens with one attached hydrogen (secondary N) is 1. The van der Waals surface area contributed by atoms with Crippen molar-refractivity contribution < 1.29 is 9.59 Å². The lowest BCUT2D eigenvalue weighted by atomic mass is 10.1. The Balaban J connectivity index is 1.51. The maximum atomic E-state index is 13.1. The number of thiophene rings is 1. The molecule has 2 heterocycles. The third-order valence-electron chi connectivity index (χ3n) is 5.57. The Morgan fingerprint density at radius 1 is 1.09 bits per heavy atom. The Hall–Kier alpha value is -3.16. The monoisotopic (exact) mass is 480 g/mol. The molecule has 0 fully saturated rings. The summed E-state index contributed by atoms with van der Waals surface area (Å²) in [5, 5.41) is 9.17. The van der Waals surface area contributed by atoms with Crippen molar-refractivity contribution >= 4 is 50.7 Å². The first-order chi connectivity index (χ1) is 15.7. The number of nitrogens with zero attached hydrogens (tertiary/aromatic N) is 3. The Kier molecular flexibility index (Phi) is 6.54. The van der Waals surface area contributed by atoms with Gasteiger partial charge in [-0.2, -0.15) is 5.10 Å². The molecular weight excluding hydrogens is 456 g/mol. The van der Waals surface area contributed by atoms with E-state index in [-0.39, 0.29) is 18.4 Å². The van der Waals surface area contributed by atoms with Gasteiger partial charge in [-0.25, -0.2) is 0 Å². The summed E-state index contributed by atoms with van der Waals surface area (Å²) in [5.41, 5.74) is 4.58. The van der Waals surface area contributed by atoms with Crippen LogP contribution in [0.5, 0.6) is 0 Å². The molecule has 1 N–H and O–H groups in total. The molecule has 0 spiro atoms.